The zero-order valence-corrected chi connectivity index (χ0v) is 14.9. The minimum Gasteiger partial charge on any atom is -0.443 e. The highest BCUT2D eigenvalue weighted by Gasteiger charge is 2.29. The van der Waals surface area contributed by atoms with Gasteiger partial charge in [0.25, 0.3) is 0 Å². The van der Waals surface area contributed by atoms with Crippen molar-refractivity contribution >= 4 is 34.9 Å². The first-order chi connectivity index (χ1) is 11.7. The summed E-state index contributed by atoms with van der Waals surface area (Å²) in [7, 11) is 0. The molecule has 0 unspecified atom stereocenters. The van der Waals surface area contributed by atoms with Gasteiger partial charge in [0.05, 0.1) is 11.9 Å². The lowest BCUT2D eigenvalue weighted by Gasteiger charge is -2.25. The standard InChI is InChI=1S/C17H18ClFN4O2/c1-17(2,3)25-16(24)23-7-6-10-4-5-11(8-13(10)23)21-14-12(19)9-20-15(18)22-14/h4-5,8-9H,6-7H2,1-3H3,(H,20,21,22). The fourth-order valence-electron chi connectivity index (χ4n) is 2.53. The largest absolute Gasteiger partial charge is 0.443 e. The number of anilines is 3. The third-order valence-electron chi connectivity index (χ3n) is 3.57. The summed E-state index contributed by atoms with van der Waals surface area (Å²) in [6.45, 7) is 6.01. The van der Waals surface area contributed by atoms with Crippen molar-refractivity contribution in [1.29, 1.82) is 0 Å². The summed E-state index contributed by atoms with van der Waals surface area (Å²) in [4.78, 5) is 21.4. The van der Waals surface area contributed by atoms with E-state index in [2.05, 4.69) is 15.3 Å². The summed E-state index contributed by atoms with van der Waals surface area (Å²) in [6.07, 6.45) is 1.33. The molecule has 0 atom stereocenters. The van der Waals surface area contributed by atoms with E-state index in [4.69, 9.17) is 16.3 Å². The Balaban J connectivity index is 1.85. The zero-order chi connectivity index (χ0) is 18.2. The van der Waals surface area contributed by atoms with Gasteiger partial charge in [0.15, 0.2) is 11.6 Å². The van der Waals surface area contributed by atoms with E-state index in [-0.39, 0.29) is 11.1 Å². The van der Waals surface area contributed by atoms with Gasteiger partial charge < -0.3 is 10.1 Å². The van der Waals surface area contributed by atoms with Crippen LogP contribution in [0, 0.1) is 5.82 Å². The SMILES string of the molecule is CC(C)(C)OC(=O)N1CCc2ccc(Nc3nc(Cl)ncc3F)cc21. The molecule has 0 fully saturated rings. The maximum absolute atomic E-state index is 13.8. The van der Waals surface area contributed by atoms with E-state index in [1.54, 1.807) is 17.0 Å². The van der Waals surface area contributed by atoms with Crippen LogP contribution < -0.4 is 10.2 Å². The van der Waals surface area contributed by atoms with Crippen molar-refractivity contribution in [1.82, 2.24) is 9.97 Å². The van der Waals surface area contributed by atoms with Crippen molar-refractivity contribution in [2.24, 2.45) is 0 Å². The van der Waals surface area contributed by atoms with Crippen LogP contribution in [-0.4, -0.2) is 28.2 Å². The number of halogens is 2. The van der Waals surface area contributed by atoms with Crippen molar-refractivity contribution < 1.29 is 13.9 Å². The van der Waals surface area contributed by atoms with Crippen LogP contribution in [0.2, 0.25) is 5.28 Å². The molecule has 2 heterocycles. The maximum Gasteiger partial charge on any atom is 0.414 e. The number of hydrogen-bond acceptors (Lipinski definition) is 5. The van der Waals surface area contributed by atoms with Crippen LogP contribution in [0.5, 0.6) is 0 Å². The van der Waals surface area contributed by atoms with Crippen LogP contribution in [-0.2, 0) is 11.2 Å². The number of nitrogens with one attached hydrogen (secondary N) is 1. The van der Waals surface area contributed by atoms with Crippen LogP contribution in [0.25, 0.3) is 0 Å². The number of rotatable bonds is 2. The second kappa shape index (κ2) is 6.48. The van der Waals surface area contributed by atoms with E-state index >= 15 is 0 Å². The molecule has 0 spiro atoms. The van der Waals surface area contributed by atoms with Gasteiger partial charge in [-0.1, -0.05) is 6.07 Å². The Morgan fingerprint density at radius 3 is 2.88 bits per heavy atom. The Labute approximate surface area is 150 Å². The zero-order valence-electron chi connectivity index (χ0n) is 14.1. The van der Waals surface area contributed by atoms with Crippen LogP contribution in [0.4, 0.5) is 26.4 Å². The van der Waals surface area contributed by atoms with Crippen molar-refractivity contribution in [3.8, 4) is 0 Å². The molecule has 6 nitrogen and oxygen atoms in total. The lowest BCUT2D eigenvalue weighted by molar-refractivity contribution is 0.0584. The van der Waals surface area contributed by atoms with Gasteiger partial charge in [-0.05, 0) is 56.5 Å². The van der Waals surface area contributed by atoms with Crippen molar-refractivity contribution in [2.45, 2.75) is 32.8 Å². The number of aromatic nitrogens is 2. The van der Waals surface area contributed by atoms with E-state index in [1.807, 2.05) is 26.8 Å². The number of benzene rings is 1. The number of fused-ring (bicyclic) bond motifs is 1. The lowest BCUT2D eigenvalue weighted by atomic mass is 10.1. The molecular weight excluding hydrogens is 347 g/mol. The number of hydrogen-bond donors (Lipinski definition) is 1. The molecule has 0 radical (unpaired) electrons. The van der Waals surface area contributed by atoms with Crippen LogP contribution in [0.1, 0.15) is 26.3 Å². The molecule has 0 aliphatic carbocycles. The second-order valence-electron chi connectivity index (χ2n) is 6.69. The number of carbonyl (C=O) groups excluding carboxylic acids is 1. The highest BCUT2D eigenvalue weighted by molar-refractivity contribution is 6.28. The highest BCUT2D eigenvalue weighted by atomic mass is 35.5. The highest BCUT2D eigenvalue weighted by Crippen LogP contribution is 2.33. The van der Waals surface area contributed by atoms with Gasteiger partial charge in [0.2, 0.25) is 5.28 Å². The van der Waals surface area contributed by atoms with Gasteiger partial charge in [-0.3, -0.25) is 4.90 Å². The van der Waals surface area contributed by atoms with Crippen molar-refractivity contribution in [3.05, 3.63) is 41.1 Å². The molecule has 1 aromatic heterocycles. The Kier molecular flexibility index (Phi) is 4.51. The van der Waals surface area contributed by atoms with E-state index in [0.29, 0.717) is 12.2 Å². The van der Waals surface area contributed by atoms with Gasteiger partial charge in [-0.25, -0.2) is 14.2 Å². The molecule has 1 N–H and O–H groups in total. The third kappa shape index (κ3) is 3.99. The minimum absolute atomic E-state index is 0.0261. The number of ether oxygens (including phenoxy) is 1. The average Bonchev–Trinajstić information content (AvgIpc) is 2.92. The Morgan fingerprint density at radius 2 is 2.16 bits per heavy atom. The van der Waals surface area contributed by atoms with Gasteiger partial charge in [-0.15, -0.1) is 0 Å². The minimum atomic E-state index is -0.617. The summed E-state index contributed by atoms with van der Waals surface area (Å²) in [5.41, 5.74) is 1.77. The summed E-state index contributed by atoms with van der Waals surface area (Å²) in [5, 5.41) is 2.81. The topological polar surface area (TPSA) is 67.3 Å². The molecule has 2 aromatic rings. The molecular formula is C17H18ClFN4O2. The predicted molar refractivity (Wildman–Crippen MR) is 94.0 cm³/mol. The van der Waals surface area contributed by atoms with Crippen molar-refractivity contribution in [3.63, 3.8) is 0 Å². The molecule has 0 bridgehead atoms. The summed E-state index contributed by atoms with van der Waals surface area (Å²) in [5.74, 6) is -0.643. The first-order valence-electron chi connectivity index (χ1n) is 7.81. The predicted octanol–water partition coefficient (Wildman–Crippen LogP) is 4.31. The number of nitrogens with zero attached hydrogens (tertiary/aromatic N) is 3. The normalized spacial score (nSPS) is 13.6. The Morgan fingerprint density at radius 1 is 1.40 bits per heavy atom. The van der Waals surface area contributed by atoms with Gasteiger partial charge in [0.1, 0.15) is 5.60 Å². The van der Waals surface area contributed by atoms with E-state index in [1.165, 1.54) is 0 Å². The molecule has 3 rings (SSSR count). The summed E-state index contributed by atoms with van der Waals surface area (Å²) >= 11 is 5.70. The molecule has 0 saturated heterocycles. The van der Waals surface area contributed by atoms with Crippen LogP contribution in [0.3, 0.4) is 0 Å². The molecule has 1 aromatic carbocycles. The summed E-state index contributed by atoms with van der Waals surface area (Å²) < 4.78 is 19.2. The van der Waals surface area contributed by atoms with E-state index in [9.17, 15) is 9.18 Å². The fourth-order valence-corrected chi connectivity index (χ4v) is 2.67. The van der Waals surface area contributed by atoms with E-state index < -0.39 is 17.5 Å². The van der Waals surface area contributed by atoms with Gasteiger partial charge >= 0.3 is 6.09 Å². The number of amides is 1. The number of carbonyl (C=O) groups is 1. The molecule has 1 amide bonds. The quantitative estimate of drug-likeness (QED) is 0.804. The molecule has 1 aliphatic rings. The van der Waals surface area contributed by atoms with Gasteiger partial charge in [-0.2, -0.15) is 4.98 Å². The average molecular weight is 365 g/mol. The Hall–Kier alpha value is -2.41. The molecule has 25 heavy (non-hydrogen) atoms. The van der Waals surface area contributed by atoms with Crippen LogP contribution >= 0.6 is 11.6 Å². The second-order valence-corrected chi connectivity index (χ2v) is 7.02. The first-order valence-corrected chi connectivity index (χ1v) is 8.19. The summed E-state index contributed by atoms with van der Waals surface area (Å²) in [6, 6.07) is 5.46. The maximum atomic E-state index is 13.8. The van der Waals surface area contributed by atoms with E-state index in [0.717, 1.165) is 23.9 Å². The van der Waals surface area contributed by atoms with Crippen molar-refractivity contribution in [2.75, 3.05) is 16.8 Å². The lowest BCUT2D eigenvalue weighted by Crippen LogP contribution is -2.35. The van der Waals surface area contributed by atoms with Crippen LogP contribution in [0.15, 0.2) is 24.4 Å². The molecule has 132 valence electrons. The Bertz CT molecular complexity index is 823. The molecule has 0 saturated carbocycles. The molecule has 8 heteroatoms. The first kappa shape index (κ1) is 17.4. The van der Waals surface area contributed by atoms with Gasteiger partial charge in [0, 0.05) is 12.2 Å². The molecule has 1 aliphatic heterocycles. The third-order valence-corrected chi connectivity index (χ3v) is 3.75. The fraction of sp³-hybridized carbons (Fsp3) is 0.353. The monoisotopic (exact) mass is 364 g/mol. The smallest absolute Gasteiger partial charge is 0.414 e.